The van der Waals surface area contributed by atoms with Gasteiger partial charge in [-0.2, -0.15) is 0 Å². The summed E-state index contributed by atoms with van der Waals surface area (Å²) in [6, 6.07) is 4.81. The number of carbonyl (C=O) groups excluding carboxylic acids is 2. The summed E-state index contributed by atoms with van der Waals surface area (Å²) < 4.78 is 25.1. The minimum absolute atomic E-state index is 0.149. The van der Waals surface area contributed by atoms with Crippen LogP contribution in [0.4, 0.5) is 4.39 Å². The van der Waals surface area contributed by atoms with E-state index in [1.54, 1.807) is 24.4 Å². The minimum atomic E-state index is -1.46. The van der Waals surface area contributed by atoms with E-state index in [0.717, 1.165) is 11.7 Å². The first kappa shape index (κ1) is 15.8. The molecule has 0 radical (unpaired) electrons. The normalized spacial score (nSPS) is 23.5. The Morgan fingerprint density at radius 2 is 2.24 bits per heavy atom. The van der Waals surface area contributed by atoms with Crippen molar-refractivity contribution in [2.45, 2.75) is 25.1 Å². The number of nitrogens with zero attached hydrogens (tertiary/aromatic N) is 1. The van der Waals surface area contributed by atoms with Gasteiger partial charge in [-0.1, -0.05) is 0 Å². The molecule has 2 fully saturated rings. The first-order chi connectivity index (χ1) is 12.1. The van der Waals surface area contributed by atoms with Gasteiger partial charge in [-0.05, 0) is 36.4 Å². The lowest BCUT2D eigenvalue weighted by molar-refractivity contribution is -0.124. The molecule has 1 aromatic carbocycles. The van der Waals surface area contributed by atoms with Gasteiger partial charge in [0.25, 0.3) is 5.91 Å². The second-order valence-corrected chi connectivity index (χ2v) is 6.52. The number of aldehydes is 1. The molecule has 1 aliphatic heterocycles. The molecule has 1 saturated heterocycles. The van der Waals surface area contributed by atoms with Crippen LogP contribution in [0, 0.1) is 5.41 Å². The molecule has 1 aromatic heterocycles. The summed E-state index contributed by atoms with van der Waals surface area (Å²) >= 11 is 0. The van der Waals surface area contributed by atoms with Crippen LogP contribution in [0.2, 0.25) is 0 Å². The smallest absolute Gasteiger partial charge is 0.255 e. The van der Waals surface area contributed by atoms with Crippen LogP contribution in [0.3, 0.4) is 0 Å². The zero-order chi connectivity index (χ0) is 17.6. The lowest BCUT2D eigenvalue weighted by Gasteiger charge is -2.19. The Morgan fingerprint density at radius 3 is 2.92 bits per heavy atom. The van der Waals surface area contributed by atoms with E-state index >= 15 is 0 Å². The maximum Gasteiger partial charge on any atom is 0.255 e. The SMILES string of the molecule is COc1cc2c(OCC3NC(=O)C(F)C34CC4)nccc2cc1C=O. The highest BCUT2D eigenvalue weighted by Gasteiger charge is 2.63. The Labute approximate surface area is 143 Å². The maximum absolute atomic E-state index is 14.0. The third-order valence-electron chi connectivity index (χ3n) is 5.16. The molecule has 2 atom stereocenters. The number of aromatic nitrogens is 1. The van der Waals surface area contributed by atoms with Crippen molar-refractivity contribution < 1.29 is 23.5 Å². The second kappa shape index (κ2) is 5.68. The third kappa shape index (κ3) is 2.42. The van der Waals surface area contributed by atoms with Crippen LogP contribution in [0.15, 0.2) is 24.4 Å². The number of amides is 1. The van der Waals surface area contributed by atoms with Gasteiger partial charge in [0.05, 0.1) is 18.7 Å². The van der Waals surface area contributed by atoms with Crippen LogP contribution in [0.5, 0.6) is 11.6 Å². The highest BCUT2D eigenvalue weighted by atomic mass is 19.1. The predicted octanol–water partition coefficient (Wildman–Crippen LogP) is 2.05. The molecule has 1 N–H and O–H groups in total. The van der Waals surface area contributed by atoms with Crippen LogP contribution in [-0.2, 0) is 4.79 Å². The summed E-state index contributed by atoms with van der Waals surface area (Å²) in [6.07, 6.45) is 2.21. The van der Waals surface area contributed by atoms with Gasteiger partial charge < -0.3 is 14.8 Å². The van der Waals surface area contributed by atoms with Gasteiger partial charge in [0.15, 0.2) is 12.5 Å². The number of ether oxygens (including phenoxy) is 2. The number of halogens is 1. The van der Waals surface area contributed by atoms with Crippen LogP contribution >= 0.6 is 0 Å². The quantitative estimate of drug-likeness (QED) is 0.840. The maximum atomic E-state index is 14.0. The number of benzene rings is 1. The minimum Gasteiger partial charge on any atom is -0.496 e. The molecule has 2 heterocycles. The first-order valence-corrected chi connectivity index (χ1v) is 8.08. The van der Waals surface area contributed by atoms with Gasteiger partial charge in [0, 0.05) is 17.0 Å². The van der Waals surface area contributed by atoms with E-state index in [1.807, 2.05) is 0 Å². The fraction of sp³-hybridized carbons (Fsp3) is 0.389. The lowest BCUT2D eigenvalue weighted by Crippen LogP contribution is -2.36. The number of pyridine rings is 1. The van der Waals surface area contributed by atoms with E-state index in [9.17, 15) is 14.0 Å². The zero-order valence-electron chi connectivity index (χ0n) is 13.6. The van der Waals surface area contributed by atoms with E-state index in [-0.39, 0.29) is 12.6 Å². The highest BCUT2D eigenvalue weighted by molar-refractivity contribution is 5.94. The fourth-order valence-corrected chi connectivity index (χ4v) is 3.52. The number of carbonyl (C=O) groups is 2. The fourth-order valence-electron chi connectivity index (χ4n) is 3.52. The molecule has 4 rings (SSSR count). The summed E-state index contributed by atoms with van der Waals surface area (Å²) in [4.78, 5) is 27.0. The average molecular weight is 344 g/mol. The molecule has 1 saturated carbocycles. The summed E-state index contributed by atoms with van der Waals surface area (Å²) in [5.74, 6) is 0.229. The van der Waals surface area contributed by atoms with Crippen molar-refractivity contribution in [3.63, 3.8) is 0 Å². The zero-order valence-corrected chi connectivity index (χ0v) is 13.6. The standard InChI is InChI=1S/C18H17FN2O4/c1-24-13-7-12-10(6-11(13)8-22)2-5-20-17(12)25-9-14-18(3-4-18)15(19)16(23)21-14/h2,5-8,14-15H,3-4,9H2,1H3,(H,21,23). The molecule has 2 aliphatic rings. The van der Waals surface area contributed by atoms with Gasteiger partial charge in [0.1, 0.15) is 12.4 Å². The van der Waals surface area contributed by atoms with Crippen LogP contribution in [0.25, 0.3) is 10.8 Å². The molecule has 25 heavy (non-hydrogen) atoms. The Kier molecular flexibility index (Phi) is 3.59. The predicted molar refractivity (Wildman–Crippen MR) is 87.7 cm³/mol. The van der Waals surface area contributed by atoms with Crippen molar-refractivity contribution in [3.8, 4) is 11.6 Å². The van der Waals surface area contributed by atoms with Gasteiger partial charge in [0.2, 0.25) is 5.88 Å². The molecule has 2 unspecified atom stereocenters. The Morgan fingerprint density at radius 1 is 1.44 bits per heavy atom. The van der Waals surface area contributed by atoms with Gasteiger partial charge >= 0.3 is 0 Å². The number of alkyl halides is 1. The van der Waals surface area contributed by atoms with E-state index in [0.29, 0.717) is 35.4 Å². The van der Waals surface area contributed by atoms with Crippen molar-refractivity contribution in [1.29, 1.82) is 0 Å². The molecule has 1 aliphatic carbocycles. The second-order valence-electron chi connectivity index (χ2n) is 6.52. The van der Waals surface area contributed by atoms with Gasteiger partial charge in [-0.25, -0.2) is 9.37 Å². The van der Waals surface area contributed by atoms with Crippen LogP contribution < -0.4 is 14.8 Å². The molecule has 0 bridgehead atoms. The van der Waals surface area contributed by atoms with Crippen molar-refractivity contribution in [3.05, 3.63) is 30.0 Å². The summed E-state index contributed by atoms with van der Waals surface area (Å²) in [5, 5.41) is 4.15. The molecule has 1 amide bonds. The van der Waals surface area contributed by atoms with Gasteiger partial charge in [-0.15, -0.1) is 0 Å². The number of rotatable bonds is 5. The largest absolute Gasteiger partial charge is 0.496 e. The Balaban J connectivity index is 1.62. The molecule has 6 nitrogen and oxygen atoms in total. The Hall–Kier alpha value is -2.70. The van der Waals surface area contributed by atoms with Crippen LogP contribution in [-0.4, -0.2) is 43.1 Å². The van der Waals surface area contributed by atoms with Crippen LogP contribution in [0.1, 0.15) is 23.2 Å². The molecule has 130 valence electrons. The van der Waals surface area contributed by atoms with E-state index in [2.05, 4.69) is 10.3 Å². The molecular weight excluding hydrogens is 327 g/mol. The number of methoxy groups -OCH3 is 1. The van der Waals surface area contributed by atoms with E-state index < -0.39 is 17.5 Å². The first-order valence-electron chi connectivity index (χ1n) is 8.08. The van der Waals surface area contributed by atoms with E-state index in [1.165, 1.54) is 7.11 Å². The average Bonchev–Trinajstić information content (AvgIpc) is 3.40. The van der Waals surface area contributed by atoms with Gasteiger partial charge in [-0.3, -0.25) is 9.59 Å². The van der Waals surface area contributed by atoms with Crippen molar-refractivity contribution >= 4 is 23.0 Å². The summed E-state index contributed by atoms with van der Waals surface area (Å²) in [6.45, 7) is 0.149. The summed E-state index contributed by atoms with van der Waals surface area (Å²) in [7, 11) is 1.48. The van der Waals surface area contributed by atoms with E-state index in [4.69, 9.17) is 9.47 Å². The highest BCUT2D eigenvalue weighted by Crippen LogP contribution is 2.55. The summed E-state index contributed by atoms with van der Waals surface area (Å²) in [5.41, 5.74) is -0.184. The molecule has 7 heteroatoms. The molecule has 2 aromatic rings. The van der Waals surface area contributed by atoms with Crippen molar-refractivity contribution in [2.75, 3.05) is 13.7 Å². The molecular formula is C18H17FN2O4. The number of hydrogen-bond acceptors (Lipinski definition) is 5. The topological polar surface area (TPSA) is 77.5 Å². The van der Waals surface area contributed by atoms with Crippen molar-refractivity contribution in [2.24, 2.45) is 5.41 Å². The monoisotopic (exact) mass is 344 g/mol. The van der Waals surface area contributed by atoms with Crippen molar-refractivity contribution in [1.82, 2.24) is 10.3 Å². The third-order valence-corrected chi connectivity index (χ3v) is 5.16. The number of nitrogens with one attached hydrogen (secondary N) is 1. The lowest BCUT2D eigenvalue weighted by atomic mass is 9.96. The molecule has 1 spiro atoms. The Bertz CT molecular complexity index is 866. The number of hydrogen-bond donors (Lipinski definition) is 1. The number of fused-ring (bicyclic) bond motifs is 1.